The monoisotopic (exact) mass is 385 g/mol. The fourth-order valence-corrected chi connectivity index (χ4v) is 4.14. The van der Waals surface area contributed by atoms with E-state index in [2.05, 4.69) is 5.32 Å². The van der Waals surface area contributed by atoms with Crippen molar-refractivity contribution in [2.24, 2.45) is 5.41 Å². The Bertz CT molecular complexity index is 718. The Hall–Kier alpha value is -1.86. The standard InChI is InChI=1S/C18H21ClFNO5/c1-25-16(24)17-4-6-18(7-5-17,14(22)9-17)21-15(23)10-26-11-2-3-12(19)13(20)8-11/h2-3,8,14,22H,4-7,9-10H2,1H3,(H,21,23). The number of hydrogen-bond donors (Lipinski definition) is 2. The molecular formula is C18H21ClFNO5. The van der Waals surface area contributed by atoms with Crippen molar-refractivity contribution in [3.63, 3.8) is 0 Å². The molecule has 0 aromatic heterocycles. The van der Waals surface area contributed by atoms with E-state index < -0.39 is 28.8 Å². The van der Waals surface area contributed by atoms with E-state index in [4.69, 9.17) is 21.1 Å². The first kappa shape index (κ1) is 18.9. The summed E-state index contributed by atoms with van der Waals surface area (Å²) in [7, 11) is 1.35. The molecule has 2 bridgehead atoms. The summed E-state index contributed by atoms with van der Waals surface area (Å²) < 4.78 is 23.6. The molecule has 1 atom stereocenters. The molecule has 0 heterocycles. The number of amides is 1. The number of esters is 1. The van der Waals surface area contributed by atoms with Crippen LogP contribution in [0.1, 0.15) is 32.1 Å². The topological polar surface area (TPSA) is 84.9 Å². The van der Waals surface area contributed by atoms with Crippen molar-refractivity contribution in [3.8, 4) is 5.75 Å². The molecule has 1 aromatic rings. The molecule has 4 rings (SSSR count). The van der Waals surface area contributed by atoms with Crippen LogP contribution in [0.5, 0.6) is 5.75 Å². The van der Waals surface area contributed by atoms with E-state index in [9.17, 15) is 19.1 Å². The Morgan fingerprint density at radius 2 is 2.04 bits per heavy atom. The lowest BCUT2D eigenvalue weighted by Gasteiger charge is -2.54. The number of aliphatic hydroxyl groups excluding tert-OH is 1. The van der Waals surface area contributed by atoms with Gasteiger partial charge in [-0.15, -0.1) is 0 Å². The summed E-state index contributed by atoms with van der Waals surface area (Å²) in [6.07, 6.45) is 1.53. The third kappa shape index (κ3) is 3.38. The van der Waals surface area contributed by atoms with Crippen molar-refractivity contribution in [1.29, 1.82) is 0 Å². The summed E-state index contributed by atoms with van der Waals surface area (Å²) in [4.78, 5) is 24.3. The number of benzene rings is 1. The predicted octanol–water partition coefficient (Wildman–Crippen LogP) is 2.21. The minimum atomic E-state index is -0.832. The molecule has 3 saturated carbocycles. The van der Waals surface area contributed by atoms with Gasteiger partial charge in [-0.3, -0.25) is 9.59 Å². The highest BCUT2D eigenvalue weighted by atomic mass is 35.5. The van der Waals surface area contributed by atoms with Crippen LogP contribution in [0.15, 0.2) is 18.2 Å². The van der Waals surface area contributed by atoms with E-state index in [0.717, 1.165) is 6.07 Å². The number of carbonyl (C=O) groups is 2. The van der Waals surface area contributed by atoms with Crippen molar-refractivity contribution < 1.29 is 28.6 Å². The summed E-state index contributed by atoms with van der Waals surface area (Å²) in [5.74, 6) is -1.15. The van der Waals surface area contributed by atoms with E-state index in [0.29, 0.717) is 25.7 Å². The van der Waals surface area contributed by atoms with E-state index in [1.54, 1.807) is 0 Å². The van der Waals surface area contributed by atoms with Crippen LogP contribution in [0.25, 0.3) is 0 Å². The first-order valence-electron chi connectivity index (χ1n) is 8.46. The van der Waals surface area contributed by atoms with Crippen molar-refractivity contribution in [2.45, 2.75) is 43.7 Å². The molecule has 3 aliphatic carbocycles. The average Bonchev–Trinajstić information content (AvgIpc) is 2.63. The second-order valence-corrected chi connectivity index (χ2v) is 7.47. The lowest BCUT2D eigenvalue weighted by molar-refractivity contribution is -0.170. The average molecular weight is 386 g/mol. The second kappa shape index (κ2) is 7.04. The van der Waals surface area contributed by atoms with Crippen molar-refractivity contribution in [1.82, 2.24) is 5.32 Å². The van der Waals surface area contributed by atoms with Gasteiger partial charge in [-0.2, -0.15) is 0 Å². The minimum Gasteiger partial charge on any atom is -0.484 e. The number of methoxy groups -OCH3 is 1. The summed E-state index contributed by atoms with van der Waals surface area (Å²) in [5, 5.41) is 13.4. The number of aliphatic hydroxyl groups is 1. The van der Waals surface area contributed by atoms with Gasteiger partial charge < -0.3 is 19.9 Å². The number of ether oxygens (including phenoxy) is 2. The molecule has 1 aromatic carbocycles. The Morgan fingerprint density at radius 3 is 2.62 bits per heavy atom. The molecule has 1 unspecified atom stereocenters. The van der Waals surface area contributed by atoms with Crippen molar-refractivity contribution in [3.05, 3.63) is 29.0 Å². The van der Waals surface area contributed by atoms with Crippen LogP contribution in [0, 0.1) is 11.2 Å². The molecule has 8 heteroatoms. The first-order chi connectivity index (χ1) is 12.3. The SMILES string of the molecule is COC(=O)C12CCC(NC(=O)COc3ccc(Cl)c(F)c3)(CC1)C(O)C2. The summed E-state index contributed by atoms with van der Waals surface area (Å²) in [6.45, 7) is -0.308. The number of rotatable bonds is 5. The molecule has 0 saturated heterocycles. The van der Waals surface area contributed by atoms with Gasteiger partial charge in [0.1, 0.15) is 11.6 Å². The zero-order valence-corrected chi connectivity index (χ0v) is 15.1. The van der Waals surface area contributed by atoms with Crippen LogP contribution in [0.2, 0.25) is 5.02 Å². The summed E-state index contributed by atoms with van der Waals surface area (Å²) >= 11 is 5.60. The van der Waals surface area contributed by atoms with E-state index >= 15 is 0 Å². The van der Waals surface area contributed by atoms with Crippen LogP contribution in [-0.4, -0.2) is 42.3 Å². The summed E-state index contributed by atoms with van der Waals surface area (Å²) in [5.41, 5.74) is -1.42. The largest absolute Gasteiger partial charge is 0.484 e. The van der Waals surface area contributed by atoms with Gasteiger partial charge in [0.05, 0.1) is 29.2 Å². The van der Waals surface area contributed by atoms with Gasteiger partial charge in [0, 0.05) is 6.07 Å². The maximum absolute atomic E-state index is 13.4. The maximum Gasteiger partial charge on any atom is 0.311 e. The minimum absolute atomic E-state index is 0.0256. The van der Waals surface area contributed by atoms with Crippen molar-refractivity contribution in [2.75, 3.05) is 13.7 Å². The Labute approximate surface area is 155 Å². The van der Waals surface area contributed by atoms with Gasteiger partial charge in [-0.05, 0) is 44.2 Å². The maximum atomic E-state index is 13.4. The quantitative estimate of drug-likeness (QED) is 0.759. The van der Waals surface area contributed by atoms with Gasteiger partial charge in [-0.25, -0.2) is 4.39 Å². The van der Waals surface area contributed by atoms with Crippen LogP contribution in [0.3, 0.4) is 0 Å². The fourth-order valence-electron chi connectivity index (χ4n) is 4.02. The molecule has 3 fully saturated rings. The molecule has 0 aliphatic heterocycles. The van der Waals surface area contributed by atoms with E-state index in [1.807, 2.05) is 0 Å². The Morgan fingerprint density at radius 1 is 1.35 bits per heavy atom. The van der Waals surface area contributed by atoms with E-state index in [-0.39, 0.29) is 29.8 Å². The van der Waals surface area contributed by atoms with Crippen LogP contribution >= 0.6 is 11.6 Å². The Balaban J connectivity index is 1.59. The zero-order chi connectivity index (χ0) is 18.9. The van der Waals surface area contributed by atoms with Crippen molar-refractivity contribution >= 4 is 23.5 Å². The predicted molar refractivity (Wildman–Crippen MR) is 91.3 cm³/mol. The third-order valence-electron chi connectivity index (χ3n) is 5.59. The lowest BCUT2D eigenvalue weighted by Crippen LogP contribution is -2.66. The molecule has 6 nitrogen and oxygen atoms in total. The lowest BCUT2D eigenvalue weighted by atomic mass is 9.56. The van der Waals surface area contributed by atoms with Crippen LogP contribution in [0.4, 0.5) is 4.39 Å². The van der Waals surface area contributed by atoms with Crippen LogP contribution < -0.4 is 10.1 Å². The van der Waals surface area contributed by atoms with Gasteiger partial charge in [0.25, 0.3) is 5.91 Å². The highest BCUT2D eigenvalue weighted by Gasteiger charge is 2.58. The molecule has 142 valence electrons. The third-order valence-corrected chi connectivity index (χ3v) is 5.90. The number of hydrogen-bond acceptors (Lipinski definition) is 5. The van der Waals surface area contributed by atoms with Gasteiger partial charge in [0.15, 0.2) is 6.61 Å². The molecular weight excluding hydrogens is 365 g/mol. The number of fused-ring (bicyclic) bond motifs is 3. The highest BCUT2D eigenvalue weighted by Crippen LogP contribution is 2.52. The van der Waals surface area contributed by atoms with Crippen LogP contribution in [-0.2, 0) is 14.3 Å². The zero-order valence-electron chi connectivity index (χ0n) is 14.4. The van der Waals surface area contributed by atoms with Gasteiger partial charge >= 0.3 is 5.97 Å². The number of nitrogens with one attached hydrogen (secondary N) is 1. The molecule has 2 N–H and O–H groups in total. The number of halogens is 2. The Kier molecular flexibility index (Phi) is 5.12. The number of carbonyl (C=O) groups excluding carboxylic acids is 2. The smallest absolute Gasteiger partial charge is 0.311 e. The summed E-state index contributed by atoms with van der Waals surface area (Å²) in [6, 6.07) is 3.92. The van der Waals surface area contributed by atoms with E-state index in [1.165, 1.54) is 19.2 Å². The first-order valence-corrected chi connectivity index (χ1v) is 8.83. The molecule has 1 amide bonds. The van der Waals surface area contributed by atoms with Gasteiger partial charge in [-0.1, -0.05) is 11.6 Å². The molecule has 0 radical (unpaired) electrons. The fraction of sp³-hybridized carbons (Fsp3) is 0.556. The molecule has 0 spiro atoms. The normalized spacial score (nSPS) is 29.9. The molecule has 3 aliphatic rings. The second-order valence-electron chi connectivity index (χ2n) is 7.06. The highest BCUT2D eigenvalue weighted by molar-refractivity contribution is 6.30. The molecule has 26 heavy (non-hydrogen) atoms. The van der Waals surface area contributed by atoms with Gasteiger partial charge in [0.2, 0.25) is 0 Å².